The van der Waals surface area contributed by atoms with Gasteiger partial charge >= 0.3 is 0 Å². The molecule has 0 aliphatic heterocycles. The van der Waals surface area contributed by atoms with Gasteiger partial charge in [0.05, 0.1) is 0 Å². The van der Waals surface area contributed by atoms with Crippen LogP contribution in [0.1, 0.15) is 41.7 Å². The molecule has 4 nitrogen and oxygen atoms in total. The number of rotatable bonds is 7. The summed E-state index contributed by atoms with van der Waals surface area (Å²) >= 11 is 0. The molecule has 0 spiro atoms. The number of carbonyl (C=O) groups is 1. The minimum atomic E-state index is -0.986. The predicted octanol–water partition coefficient (Wildman–Crippen LogP) is 4.93. The minimum Gasteiger partial charge on any atom is -0.355 e. The second kappa shape index (κ2) is 8.58. The van der Waals surface area contributed by atoms with E-state index in [1.54, 1.807) is 0 Å². The summed E-state index contributed by atoms with van der Waals surface area (Å²) < 4.78 is 31.5. The van der Waals surface area contributed by atoms with E-state index in [1.165, 1.54) is 17.7 Å². The van der Waals surface area contributed by atoms with Crippen molar-refractivity contribution < 1.29 is 18.1 Å². The van der Waals surface area contributed by atoms with Crippen molar-refractivity contribution in [3.8, 4) is 11.3 Å². The molecule has 0 saturated carbocycles. The van der Waals surface area contributed by atoms with Crippen molar-refractivity contribution in [1.29, 1.82) is 0 Å². The topological polar surface area (TPSA) is 55.1 Å². The first-order valence-corrected chi connectivity index (χ1v) is 8.83. The molecule has 0 radical (unpaired) electrons. The number of amides is 1. The molecule has 0 bridgehead atoms. The Morgan fingerprint density at radius 1 is 1.11 bits per heavy atom. The van der Waals surface area contributed by atoms with Gasteiger partial charge in [0.25, 0.3) is 5.91 Å². The second-order valence-electron chi connectivity index (χ2n) is 6.31. The Hall–Kier alpha value is -3.02. The number of hydrogen-bond donors (Lipinski definition) is 1. The average Bonchev–Trinajstić information content (AvgIpc) is 3.18. The molecule has 0 fully saturated rings. The van der Waals surface area contributed by atoms with E-state index >= 15 is 0 Å². The molecule has 140 valence electrons. The number of halogens is 2. The molecule has 1 heterocycles. The lowest BCUT2D eigenvalue weighted by molar-refractivity contribution is 0.0941. The molecule has 3 aromatic rings. The van der Waals surface area contributed by atoms with Gasteiger partial charge in [0, 0.05) is 24.1 Å². The van der Waals surface area contributed by atoms with Gasteiger partial charge in [-0.05, 0) is 30.2 Å². The maximum Gasteiger partial charge on any atom is 0.273 e. The van der Waals surface area contributed by atoms with Gasteiger partial charge in [-0.1, -0.05) is 48.8 Å². The third kappa shape index (κ3) is 4.58. The molecule has 1 unspecified atom stereocenters. The molecule has 27 heavy (non-hydrogen) atoms. The molecule has 1 N–H and O–H groups in total. The number of carbonyl (C=O) groups excluding carboxylic acids is 1. The van der Waals surface area contributed by atoms with E-state index in [-0.39, 0.29) is 23.3 Å². The van der Waals surface area contributed by atoms with E-state index < -0.39 is 11.6 Å². The monoisotopic (exact) mass is 370 g/mol. The summed E-state index contributed by atoms with van der Waals surface area (Å²) in [5.74, 6) is -1.89. The molecular weight excluding hydrogens is 350 g/mol. The number of nitrogens with one attached hydrogen (secondary N) is 1. The zero-order chi connectivity index (χ0) is 19.2. The predicted molar refractivity (Wildman–Crippen MR) is 98.3 cm³/mol. The molecule has 0 aliphatic carbocycles. The van der Waals surface area contributed by atoms with Crippen LogP contribution < -0.4 is 5.32 Å². The Balaban J connectivity index is 1.67. The first-order chi connectivity index (χ1) is 13.1. The van der Waals surface area contributed by atoms with E-state index in [4.69, 9.17) is 4.52 Å². The number of aromatic nitrogens is 1. The lowest BCUT2D eigenvalue weighted by Crippen LogP contribution is -2.28. The fourth-order valence-corrected chi connectivity index (χ4v) is 2.93. The zero-order valence-corrected chi connectivity index (χ0v) is 14.9. The SMILES string of the molecule is CCCC(CNC(=O)c1cc(-c2ccc(F)c(F)c2)on1)c1ccccc1. The Morgan fingerprint density at radius 3 is 2.59 bits per heavy atom. The maximum atomic E-state index is 13.4. The third-order valence-electron chi connectivity index (χ3n) is 4.36. The third-order valence-corrected chi connectivity index (χ3v) is 4.36. The Labute approximate surface area is 156 Å². The highest BCUT2D eigenvalue weighted by molar-refractivity contribution is 5.93. The number of benzene rings is 2. The standard InChI is InChI=1S/C21H20F2N2O2/c1-2-6-16(14-7-4-3-5-8-14)13-24-21(26)19-12-20(27-25-19)15-9-10-17(22)18(23)11-15/h3-5,7-12,16H,2,6,13H2,1H3,(H,24,26). The number of nitrogens with zero attached hydrogens (tertiary/aromatic N) is 1. The van der Waals surface area contributed by atoms with E-state index in [2.05, 4.69) is 17.4 Å². The van der Waals surface area contributed by atoms with Crippen molar-refractivity contribution in [2.24, 2.45) is 0 Å². The van der Waals surface area contributed by atoms with E-state index in [9.17, 15) is 13.6 Å². The van der Waals surface area contributed by atoms with Crippen LogP contribution in [0.4, 0.5) is 8.78 Å². The molecule has 1 amide bonds. The first-order valence-electron chi connectivity index (χ1n) is 8.83. The smallest absolute Gasteiger partial charge is 0.273 e. The van der Waals surface area contributed by atoms with Crippen LogP contribution in [0.3, 0.4) is 0 Å². The quantitative estimate of drug-likeness (QED) is 0.641. The second-order valence-corrected chi connectivity index (χ2v) is 6.31. The Bertz CT molecular complexity index is 910. The number of hydrogen-bond acceptors (Lipinski definition) is 3. The normalized spacial score (nSPS) is 12.0. The molecule has 0 saturated heterocycles. The van der Waals surface area contributed by atoms with Crippen molar-refractivity contribution >= 4 is 5.91 Å². The molecule has 2 aromatic carbocycles. The van der Waals surface area contributed by atoms with E-state index in [0.29, 0.717) is 12.1 Å². The van der Waals surface area contributed by atoms with Gasteiger partial charge in [-0.15, -0.1) is 0 Å². The van der Waals surface area contributed by atoms with E-state index in [1.807, 2.05) is 30.3 Å². The summed E-state index contributed by atoms with van der Waals surface area (Å²) in [6, 6.07) is 14.8. The van der Waals surface area contributed by atoms with Crippen LogP contribution in [0.15, 0.2) is 59.1 Å². The molecular formula is C21H20F2N2O2. The fourth-order valence-electron chi connectivity index (χ4n) is 2.93. The summed E-state index contributed by atoms with van der Waals surface area (Å²) in [6.45, 7) is 2.58. The fraction of sp³-hybridized carbons (Fsp3) is 0.238. The van der Waals surface area contributed by atoms with Gasteiger partial charge in [-0.3, -0.25) is 4.79 Å². The maximum absolute atomic E-state index is 13.4. The largest absolute Gasteiger partial charge is 0.355 e. The highest BCUT2D eigenvalue weighted by atomic mass is 19.2. The summed E-state index contributed by atoms with van der Waals surface area (Å²) in [5.41, 5.74) is 1.58. The van der Waals surface area contributed by atoms with Gasteiger partial charge in [0.15, 0.2) is 23.1 Å². The summed E-state index contributed by atoms with van der Waals surface area (Å²) in [5, 5.41) is 6.61. The van der Waals surface area contributed by atoms with Gasteiger partial charge in [0.2, 0.25) is 0 Å². The van der Waals surface area contributed by atoms with Crippen LogP contribution in [0.5, 0.6) is 0 Å². The highest BCUT2D eigenvalue weighted by Crippen LogP contribution is 2.23. The molecule has 0 aliphatic rings. The van der Waals surface area contributed by atoms with Crippen LogP contribution in [0.2, 0.25) is 0 Å². The minimum absolute atomic E-state index is 0.0954. The first kappa shape index (κ1) is 18.8. The van der Waals surface area contributed by atoms with Crippen LogP contribution in [0.25, 0.3) is 11.3 Å². The average molecular weight is 370 g/mol. The van der Waals surface area contributed by atoms with Gasteiger partial charge in [0.1, 0.15) is 0 Å². The Morgan fingerprint density at radius 2 is 1.89 bits per heavy atom. The van der Waals surface area contributed by atoms with Gasteiger partial charge in [-0.2, -0.15) is 0 Å². The summed E-state index contributed by atoms with van der Waals surface area (Å²) in [7, 11) is 0. The molecule has 3 rings (SSSR count). The summed E-state index contributed by atoms with van der Waals surface area (Å²) in [4.78, 5) is 12.4. The van der Waals surface area contributed by atoms with E-state index in [0.717, 1.165) is 25.0 Å². The van der Waals surface area contributed by atoms with Crippen LogP contribution in [0, 0.1) is 11.6 Å². The van der Waals surface area contributed by atoms with Crippen molar-refractivity contribution in [2.45, 2.75) is 25.7 Å². The van der Waals surface area contributed by atoms with Crippen LogP contribution in [-0.2, 0) is 0 Å². The highest BCUT2D eigenvalue weighted by Gasteiger charge is 2.17. The Kier molecular flexibility index (Phi) is 5.96. The lowest BCUT2D eigenvalue weighted by Gasteiger charge is -2.17. The molecule has 1 aromatic heterocycles. The van der Waals surface area contributed by atoms with Gasteiger partial charge in [-0.25, -0.2) is 8.78 Å². The van der Waals surface area contributed by atoms with Crippen LogP contribution in [-0.4, -0.2) is 17.6 Å². The summed E-state index contributed by atoms with van der Waals surface area (Å²) in [6.07, 6.45) is 1.95. The zero-order valence-electron chi connectivity index (χ0n) is 14.9. The van der Waals surface area contributed by atoms with Crippen LogP contribution >= 0.6 is 0 Å². The van der Waals surface area contributed by atoms with Gasteiger partial charge < -0.3 is 9.84 Å². The lowest BCUT2D eigenvalue weighted by atomic mass is 9.94. The molecule has 1 atom stereocenters. The van der Waals surface area contributed by atoms with Crippen molar-refractivity contribution in [3.63, 3.8) is 0 Å². The van der Waals surface area contributed by atoms with Crippen molar-refractivity contribution in [1.82, 2.24) is 10.5 Å². The van der Waals surface area contributed by atoms with Crippen molar-refractivity contribution in [2.75, 3.05) is 6.54 Å². The molecule has 6 heteroatoms. The van der Waals surface area contributed by atoms with Crippen molar-refractivity contribution in [3.05, 3.63) is 77.5 Å².